The van der Waals surface area contributed by atoms with E-state index in [2.05, 4.69) is 10.6 Å². The molecule has 4 fully saturated rings. The number of carbonyl (C=O) groups excluding carboxylic acids is 1. The highest BCUT2D eigenvalue weighted by Gasteiger charge is 2.48. The van der Waals surface area contributed by atoms with Gasteiger partial charge in [-0.25, -0.2) is 0 Å². The number of nitrogens with one attached hydrogen (secondary N) is 2. The molecule has 0 radical (unpaired) electrons. The average molecular weight is 383 g/mol. The van der Waals surface area contributed by atoms with Gasteiger partial charge in [0.05, 0.1) is 15.6 Å². The van der Waals surface area contributed by atoms with Crippen LogP contribution in [0, 0.1) is 23.7 Å². The molecule has 0 heterocycles. The molecule has 0 unspecified atom stereocenters. The first-order valence-corrected chi connectivity index (χ1v) is 9.73. The van der Waals surface area contributed by atoms with Crippen molar-refractivity contribution in [3.63, 3.8) is 0 Å². The highest BCUT2D eigenvalue weighted by molar-refractivity contribution is 7.80. The number of rotatable bonds is 2. The van der Waals surface area contributed by atoms with Gasteiger partial charge < -0.3 is 5.32 Å². The number of hydrogen-bond donors (Lipinski definition) is 2. The molecule has 4 saturated carbocycles. The van der Waals surface area contributed by atoms with Crippen LogP contribution in [0.25, 0.3) is 0 Å². The first-order valence-electron chi connectivity index (χ1n) is 8.57. The Morgan fingerprint density at radius 2 is 1.67 bits per heavy atom. The van der Waals surface area contributed by atoms with E-state index in [4.69, 9.17) is 35.4 Å². The Hall–Kier alpha value is -0.840. The highest BCUT2D eigenvalue weighted by atomic mass is 35.5. The molecule has 5 rings (SSSR count). The van der Waals surface area contributed by atoms with Gasteiger partial charge in [-0.15, -0.1) is 0 Å². The van der Waals surface area contributed by atoms with Gasteiger partial charge in [0.2, 0.25) is 0 Å². The van der Waals surface area contributed by atoms with E-state index in [-0.39, 0.29) is 10.9 Å². The first-order chi connectivity index (χ1) is 11.5. The Balaban J connectivity index is 1.40. The van der Waals surface area contributed by atoms with Crippen molar-refractivity contribution in [2.45, 2.75) is 38.1 Å². The monoisotopic (exact) mass is 382 g/mol. The zero-order chi connectivity index (χ0) is 16.8. The summed E-state index contributed by atoms with van der Waals surface area (Å²) in [6.07, 6.45) is 6.65. The van der Waals surface area contributed by atoms with Crippen LogP contribution in [-0.2, 0) is 0 Å². The molecule has 0 saturated heterocycles. The van der Waals surface area contributed by atoms with Gasteiger partial charge in [0.25, 0.3) is 5.91 Å². The Kier molecular flexibility index (Phi) is 4.48. The summed E-state index contributed by atoms with van der Waals surface area (Å²) >= 11 is 17.5. The second-order valence-corrected chi connectivity index (χ2v) is 8.68. The predicted octanol–water partition coefficient (Wildman–Crippen LogP) is 4.42. The van der Waals surface area contributed by atoms with Crippen molar-refractivity contribution in [1.29, 1.82) is 0 Å². The van der Waals surface area contributed by atoms with Crippen LogP contribution >= 0.6 is 35.4 Å². The van der Waals surface area contributed by atoms with Crippen LogP contribution in [0.15, 0.2) is 18.2 Å². The smallest absolute Gasteiger partial charge is 0.258 e. The molecule has 1 aromatic carbocycles. The Labute approximate surface area is 157 Å². The fraction of sp³-hybridized carbons (Fsp3) is 0.556. The fourth-order valence-corrected chi connectivity index (χ4v) is 5.81. The van der Waals surface area contributed by atoms with Crippen LogP contribution in [0.5, 0.6) is 0 Å². The number of benzene rings is 1. The van der Waals surface area contributed by atoms with Gasteiger partial charge in [-0.1, -0.05) is 29.3 Å². The van der Waals surface area contributed by atoms with Gasteiger partial charge in [-0.2, -0.15) is 0 Å². The molecule has 1 amide bonds. The van der Waals surface area contributed by atoms with Crippen LogP contribution in [0.1, 0.15) is 42.5 Å². The minimum atomic E-state index is -0.316. The topological polar surface area (TPSA) is 41.1 Å². The van der Waals surface area contributed by atoms with E-state index >= 15 is 0 Å². The third-order valence-electron chi connectivity index (χ3n) is 5.95. The van der Waals surface area contributed by atoms with Crippen LogP contribution in [0.2, 0.25) is 10.0 Å². The largest absolute Gasteiger partial charge is 0.359 e. The van der Waals surface area contributed by atoms with Crippen molar-refractivity contribution in [2.75, 3.05) is 0 Å². The molecular formula is C18H20Cl2N2OS. The van der Waals surface area contributed by atoms with Gasteiger partial charge in [-0.05, 0) is 80.1 Å². The Morgan fingerprint density at radius 3 is 2.29 bits per heavy atom. The van der Waals surface area contributed by atoms with Gasteiger partial charge in [0.1, 0.15) is 0 Å². The van der Waals surface area contributed by atoms with E-state index in [0.717, 1.165) is 11.8 Å². The van der Waals surface area contributed by atoms with Crippen molar-refractivity contribution < 1.29 is 4.79 Å². The third kappa shape index (κ3) is 3.04. The quantitative estimate of drug-likeness (QED) is 0.743. The first kappa shape index (κ1) is 16.6. The zero-order valence-corrected chi connectivity index (χ0v) is 15.6. The van der Waals surface area contributed by atoms with Crippen molar-refractivity contribution in [3.05, 3.63) is 33.8 Å². The summed E-state index contributed by atoms with van der Waals surface area (Å²) in [6, 6.07) is 5.42. The molecule has 0 spiro atoms. The molecular weight excluding hydrogens is 363 g/mol. The molecule has 4 aliphatic rings. The summed E-state index contributed by atoms with van der Waals surface area (Å²) in [7, 11) is 0. The highest BCUT2D eigenvalue weighted by Crippen LogP contribution is 2.53. The second-order valence-electron chi connectivity index (χ2n) is 7.49. The molecule has 128 valence electrons. The SMILES string of the molecule is O=C(NC(=S)NC1C2CC3CC(C2)CC1C3)c1cccc(Cl)c1Cl. The lowest BCUT2D eigenvalue weighted by molar-refractivity contribution is -0.00692. The van der Waals surface area contributed by atoms with Crippen LogP contribution in [0.4, 0.5) is 0 Å². The number of halogens is 2. The summed E-state index contributed by atoms with van der Waals surface area (Å²) in [5.74, 6) is 2.92. The molecule has 0 atom stereocenters. The number of carbonyl (C=O) groups is 1. The zero-order valence-electron chi connectivity index (χ0n) is 13.2. The van der Waals surface area contributed by atoms with Gasteiger partial charge in [0.15, 0.2) is 5.11 Å². The summed E-state index contributed by atoms with van der Waals surface area (Å²) < 4.78 is 0. The molecule has 6 heteroatoms. The molecule has 2 N–H and O–H groups in total. The fourth-order valence-electron chi connectivity index (χ4n) is 5.20. The number of thiocarbonyl (C=S) groups is 1. The number of hydrogen-bond acceptors (Lipinski definition) is 2. The Bertz CT molecular complexity index is 666. The minimum Gasteiger partial charge on any atom is -0.359 e. The molecule has 4 bridgehead atoms. The maximum atomic E-state index is 12.4. The van der Waals surface area contributed by atoms with Crippen LogP contribution in [0.3, 0.4) is 0 Å². The van der Waals surface area contributed by atoms with Crippen molar-refractivity contribution >= 4 is 46.4 Å². The van der Waals surface area contributed by atoms with Crippen molar-refractivity contribution in [1.82, 2.24) is 10.6 Å². The minimum absolute atomic E-state index is 0.258. The third-order valence-corrected chi connectivity index (χ3v) is 6.99. The maximum Gasteiger partial charge on any atom is 0.258 e. The average Bonchev–Trinajstić information content (AvgIpc) is 2.52. The second kappa shape index (κ2) is 6.47. The summed E-state index contributed by atoms with van der Waals surface area (Å²) in [4.78, 5) is 12.4. The van der Waals surface area contributed by atoms with Gasteiger partial charge >= 0.3 is 0 Å². The predicted molar refractivity (Wildman–Crippen MR) is 100 cm³/mol. The summed E-state index contributed by atoms with van der Waals surface area (Å²) in [5.41, 5.74) is 0.346. The maximum absolute atomic E-state index is 12.4. The van der Waals surface area contributed by atoms with E-state index in [9.17, 15) is 4.79 Å². The molecule has 1 aromatic rings. The number of amides is 1. The van der Waals surface area contributed by atoms with E-state index < -0.39 is 0 Å². The van der Waals surface area contributed by atoms with Gasteiger partial charge in [0, 0.05) is 6.04 Å². The van der Waals surface area contributed by atoms with Crippen molar-refractivity contribution in [2.24, 2.45) is 23.7 Å². The lowest BCUT2D eigenvalue weighted by Gasteiger charge is -2.54. The molecule has 24 heavy (non-hydrogen) atoms. The normalized spacial score (nSPS) is 33.3. The lowest BCUT2D eigenvalue weighted by atomic mass is 9.54. The summed E-state index contributed by atoms with van der Waals surface area (Å²) in [5, 5.41) is 7.20. The van der Waals surface area contributed by atoms with E-state index in [1.165, 1.54) is 32.1 Å². The van der Waals surface area contributed by atoms with Gasteiger partial charge in [-0.3, -0.25) is 10.1 Å². The van der Waals surface area contributed by atoms with E-state index in [1.54, 1.807) is 18.2 Å². The molecule has 0 aliphatic heterocycles. The molecule has 0 aromatic heterocycles. The molecule has 4 aliphatic carbocycles. The summed E-state index contributed by atoms with van der Waals surface area (Å²) in [6.45, 7) is 0. The molecule has 3 nitrogen and oxygen atoms in total. The van der Waals surface area contributed by atoms with E-state index in [0.29, 0.717) is 33.6 Å². The van der Waals surface area contributed by atoms with Crippen LogP contribution in [-0.4, -0.2) is 17.1 Å². The van der Waals surface area contributed by atoms with Crippen LogP contribution < -0.4 is 10.6 Å². The van der Waals surface area contributed by atoms with E-state index in [1.807, 2.05) is 0 Å². The Morgan fingerprint density at radius 1 is 1.04 bits per heavy atom. The van der Waals surface area contributed by atoms with Crippen molar-refractivity contribution in [3.8, 4) is 0 Å². The lowest BCUT2D eigenvalue weighted by Crippen LogP contribution is -2.57. The standard InChI is InChI=1S/C18H20Cl2N2OS/c19-14-3-1-2-13(15(14)20)17(23)22-18(24)21-16-11-5-9-4-10(7-11)8-12(16)6-9/h1-3,9-12,16H,4-8H2,(H2,21,22,23,24).